The molecule has 0 saturated carbocycles. The summed E-state index contributed by atoms with van der Waals surface area (Å²) in [4.78, 5) is 33.7. The summed E-state index contributed by atoms with van der Waals surface area (Å²) < 4.78 is 36.7. The molecule has 1 aliphatic heterocycles. The van der Waals surface area contributed by atoms with Crippen LogP contribution in [-0.2, 0) is 6.18 Å². The Hall–Kier alpha value is -2.91. The molecule has 1 aliphatic rings. The first-order chi connectivity index (χ1) is 11.8. The van der Waals surface area contributed by atoms with Crippen molar-refractivity contribution in [2.24, 2.45) is 5.73 Å². The molecule has 0 aliphatic carbocycles. The number of hydrogen-bond acceptors (Lipinski definition) is 5. The molecule has 0 radical (unpaired) electrons. The van der Waals surface area contributed by atoms with Gasteiger partial charge in [-0.1, -0.05) is 0 Å². The van der Waals surface area contributed by atoms with E-state index in [1.54, 1.807) is 12.4 Å². The monoisotopic (exact) mass is 355 g/mol. The summed E-state index contributed by atoms with van der Waals surface area (Å²) in [5, 5.41) is 0. The summed E-state index contributed by atoms with van der Waals surface area (Å²) in [7, 11) is 0. The third kappa shape index (κ3) is 5.03. The Morgan fingerprint density at radius 1 is 1.20 bits per heavy atom. The van der Waals surface area contributed by atoms with Crippen molar-refractivity contribution >= 4 is 11.9 Å². The molecule has 0 aromatic carbocycles. The van der Waals surface area contributed by atoms with E-state index >= 15 is 0 Å². The maximum Gasteiger partial charge on any atom is 0.417 e. The van der Waals surface area contributed by atoms with E-state index in [-0.39, 0.29) is 0 Å². The molecule has 2 aromatic heterocycles. The van der Waals surface area contributed by atoms with Crippen molar-refractivity contribution in [1.29, 1.82) is 0 Å². The number of carbonyl (C=O) groups is 1. The zero-order valence-electron chi connectivity index (χ0n) is 13.1. The number of alkyl halides is 3. The van der Waals surface area contributed by atoms with Gasteiger partial charge < -0.3 is 15.6 Å². The molecule has 3 heterocycles. The minimum Gasteiger partial charge on any atom is -0.366 e. The van der Waals surface area contributed by atoms with Crippen LogP contribution in [0.15, 0.2) is 35.5 Å². The van der Waals surface area contributed by atoms with Crippen molar-refractivity contribution in [1.82, 2.24) is 15.0 Å². The molecule has 7 nitrogen and oxygen atoms in total. The third-order valence-electron chi connectivity index (χ3n) is 3.44. The van der Waals surface area contributed by atoms with Crippen LogP contribution in [0.1, 0.15) is 28.8 Å². The zero-order valence-corrected chi connectivity index (χ0v) is 13.1. The highest BCUT2D eigenvalue weighted by Gasteiger charge is 2.35. The van der Waals surface area contributed by atoms with Crippen LogP contribution in [0.5, 0.6) is 0 Å². The van der Waals surface area contributed by atoms with E-state index in [2.05, 4.69) is 14.9 Å². The topological polar surface area (TPSA) is 105 Å². The number of H-pyrrole nitrogens is 1. The fourth-order valence-corrected chi connectivity index (χ4v) is 2.28. The van der Waals surface area contributed by atoms with E-state index in [4.69, 9.17) is 5.73 Å². The van der Waals surface area contributed by atoms with Crippen molar-refractivity contribution in [2.45, 2.75) is 19.0 Å². The summed E-state index contributed by atoms with van der Waals surface area (Å²) >= 11 is 0. The van der Waals surface area contributed by atoms with Crippen LogP contribution >= 0.6 is 0 Å². The third-order valence-corrected chi connectivity index (χ3v) is 3.44. The maximum atomic E-state index is 12.2. The van der Waals surface area contributed by atoms with Gasteiger partial charge in [-0.3, -0.25) is 9.59 Å². The van der Waals surface area contributed by atoms with Gasteiger partial charge in [0.1, 0.15) is 0 Å². The number of amides is 1. The van der Waals surface area contributed by atoms with Crippen LogP contribution in [0.4, 0.5) is 19.1 Å². The van der Waals surface area contributed by atoms with E-state index in [0.717, 1.165) is 19.0 Å². The molecule has 3 rings (SSSR count). The van der Waals surface area contributed by atoms with Crippen molar-refractivity contribution in [3.05, 3.63) is 52.2 Å². The standard InChI is InChI=1S/C8H11N3.C7H5F3N2O2/c1-2-7-11(6-1)8-9-4-3-5-10-8;8-7(9,10)4-1-5(13)12-2-3(4)6(11)14/h3-5H,1-2,6-7H2;1-2H,(H2,11,14)(H,12,13). The first kappa shape index (κ1) is 18.4. The minimum atomic E-state index is -4.77. The number of rotatable bonds is 2. The average Bonchev–Trinajstić information content (AvgIpc) is 3.10. The number of nitrogens with zero attached hydrogens (tertiary/aromatic N) is 3. The summed E-state index contributed by atoms with van der Waals surface area (Å²) in [5.41, 5.74) is 1.68. The number of nitrogens with one attached hydrogen (secondary N) is 1. The zero-order chi connectivity index (χ0) is 18.4. The van der Waals surface area contributed by atoms with Gasteiger partial charge in [-0.25, -0.2) is 9.97 Å². The number of pyridine rings is 1. The Kier molecular flexibility index (Phi) is 5.73. The van der Waals surface area contributed by atoms with Gasteiger partial charge in [0.05, 0.1) is 11.1 Å². The SMILES string of the molecule is NC(=O)c1c[nH]c(=O)cc1C(F)(F)F.c1cnc(N2CCCC2)nc1. The second kappa shape index (κ2) is 7.77. The Morgan fingerprint density at radius 3 is 2.32 bits per heavy atom. The first-order valence-corrected chi connectivity index (χ1v) is 7.40. The molecule has 2 aromatic rings. The van der Waals surface area contributed by atoms with Gasteiger partial charge in [-0.05, 0) is 18.9 Å². The van der Waals surface area contributed by atoms with Crippen LogP contribution < -0.4 is 16.2 Å². The summed E-state index contributed by atoms with van der Waals surface area (Å²) in [6.07, 6.45) is 2.02. The van der Waals surface area contributed by atoms with E-state index in [1.807, 2.05) is 11.1 Å². The summed E-state index contributed by atoms with van der Waals surface area (Å²) in [6.45, 7) is 2.23. The largest absolute Gasteiger partial charge is 0.417 e. The van der Waals surface area contributed by atoms with E-state index in [0.29, 0.717) is 12.3 Å². The molecule has 25 heavy (non-hydrogen) atoms. The fraction of sp³-hybridized carbons (Fsp3) is 0.333. The van der Waals surface area contributed by atoms with Crippen LogP contribution in [0.2, 0.25) is 0 Å². The van der Waals surface area contributed by atoms with Gasteiger partial charge in [0, 0.05) is 37.7 Å². The van der Waals surface area contributed by atoms with Crippen molar-refractivity contribution in [2.75, 3.05) is 18.0 Å². The fourth-order valence-electron chi connectivity index (χ4n) is 2.28. The Morgan fingerprint density at radius 2 is 1.80 bits per heavy atom. The first-order valence-electron chi connectivity index (χ1n) is 7.40. The number of anilines is 1. The maximum absolute atomic E-state index is 12.2. The minimum absolute atomic E-state index is 0.292. The number of halogens is 3. The smallest absolute Gasteiger partial charge is 0.366 e. The van der Waals surface area contributed by atoms with Gasteiger partial charge >= 0.3 is 6.18 Å². The van der Waals surface area contributed by atoms with Gasteiger partial charge in [0.25, 0.3) is 5.91 Å². The molecular weight excluding hydrogens is 339 g/mol. The predicted octanol–water partition coefficient (Wildman–Crippen LogP) is 1.57. The Balaban J connectivity index is 0.000000185. The Labute approximate surface area is 140 Å². The van der Waals surface area contributed by atoms with Gasteiger partial charge in [0.2, 0.25) is 11.5 Å². The van der Waals surface area contributed by atoms with Gasteiger partial charge in [0.15, 0.2) is 0 Å². The molecule has 1 saturated heterocycles. The molecule has 1 fully saturated rings. The van der Waals surface area contributed by atoms with Crippen molar-refractivity contribution < 1.29 is 18.0 Å². The molecule has 0 bridgehead atoms. The molecule has 0 atom stereocenters. The van der Waals surface area contributed by atoms with E-state index in [1.165, 1.54) is 12.8 Å². The molecule has 134 valence electrons. The highest BCUT2D eigenvalue weighted by atomic mass is 19.4. The molecule has 0 unspecified atom stereocenters. The lowest BCUT2D eigenvalue weighted by Gasteiger charge is -2.13. The average molecular weight is 355 g/mol. The van der Waals surface area contributed by atoms with Crippen LogP contribution in [-0.4, -0.2) is 33.9 Å². The number of nitrogens with two attached hydrogens (primary N) is 1. The molecule has 1 amide bonds. The second-order valence-electron chi connectivity index (χ2n) is 5.23. The van der Waals surface area contributed by atoms with Crippen LogP contribution in [0.25, 0.3) is 0 Å². The number of primary amides is 1. The van der Waals surface area contributed by atoms with E-state index < -0.39 is 28.8 Å². The highest BCUT2D eigenvalue weighted by Crippen LogP contribution is 2.30. The molecule has 3 N–H and O–H groups in total. The quantitative estimate of drug-likeness (QED) is 0.851. The van der Waals surface area contributed by atoms with Crippen molar-refractivity contribution in [3.63, 3.8) is 0 Å². The highest BCUT2D eigenvalue weighted by molar-refractivity contribution is 5.94. The number of aromatic nitrogens is 3. The lowest BCUT2D eigenvalue weighted by molar-refractivity contribution is -0.138. The van der Waals surface area contributed by atoms with Gasteiger partial charge in [-0.2, -0.15) is 13.2 Å². The lowest BCUT2D eigenvalue weighted by atomic mass is 10.1. The predicted molar refractivity (Wildman–Crippen MR) is 84.1 cm³/mol. The Bertz CT molecular complexity index is 771. The second-order valence-corrected chi connectivity index (χ2v) is 5.23. The molecule has 10 heteroatoms. The number of carbonyl (C=O) groups excluding carboxylic acids is 1. The number of aromatic amines is 1. The number of hydrogen-bond donors (Lipinski definition) is 2. The molecule has 0 spiro atoms. The van der Waals surface area contributed by atoms with Crippen molar-refractivity contribution in [3.8, 4) is 0 Å². The summed E-state index contributed by atoms with van der Waals surface area (Å²) in [6, 6.07) is 2.14. The van der Waals surface area contributed by atoms with Crippen LogP contribution in [0.3, 0.4) is 0 Å². The molecular formula is C15H16F3N5O2. The van der Waals surface area contributed by atoms with E-state index in [9.17, 15) is 22.8 Å². The lowest BCUT2D eigenvalue weighted by Crippen LogP contribution is -2.22. The summed E-state index contributed by atoms with van der Waals surface area (Å²) in [5.74, 6) is -0.362. The van der Waals surface area contributed by atoms with Gasteiger partial charge in [-0.15, -0.1) is 0 Å². The van der Waals surface area contributed by atoms with Crippen LogP contribution in [0, 0.1) is 0 Å². The normalized spacial score (nSPS) is 14.0.